The number of amides is 1. The van der Waals surface area contributed by atoms with Gasteiger partial charge in [0.2, 0.25) is 5.91 Å². The quantitative estimate of drug-likeness (QED) is 0.309. The summed E-state index contributed by atoms with van der Waals surface area (Å²) in [4.78, 5) is 19.8. The Hall–Kier alpha value is -3.33. The molecule has 7 rings (SSSR count). The first kappa shape index (κ1) is 23.8. The lowest BCUT2D eigenvalue weighted by atomic mass is 9.91. The van der Waals surface area contributed by atoms with Gasteiger partial charge in [-0.1, -0.05) is 29.8 Å². The van der Waals surface area contributed by atoms with Crippen LogP contribution in [0.25, 0.3) is 5.00 Å². The highest BCUT2D eigenvalue weighted by atomic mass is 35.5. The summed E-state index contributed by atoms with van der Waals surface area (Å²) in [5.74, 6) is 1.32. The molecule has 2 bridgehead atoms. The SMILES string of the molecule is Cc1sc2c(c1C)C(c1ccc(Cl)cc1)=N[C@@H](CC(=O)Nc1ccc3c(c1)[C@@H]1CC[C@H]3O1)c1nnc(C)n1-2. The number of thiophene rings is 1. The highest BCUT2D eigenvalue weighted by Crippen LogP contribution is 2.51. The molecule has 1 amide bonds. The molecule has 0 radical (unpaired) electrons. The van der Waals surface area contributed by atoms with Crippen LogP contribution >= 0.6 is 22.9 Å². The van der Waals surface area contributed by atoms with Gasteiger partial charge in [-0.15, -0.1) is 21.5 Å². The number of nitrogens with zero attached hydrogens (tertiary/aromatic N) is 4. The molecular formula is C29H26ClN5O2S. The van der Waals surface area contributed by atoms with Gasteiger partial charge in [0, 0.05) is 26.7 Å². The number of nitrogens with one attached hydrogen (secondary N) is 1. The number of halogens is 1. The van der Waals surface area contributed by atoms with E-state index in [1.165, 1.54) is 16.0 Å². The Balaban J connectivity index is 1.27. The molecule has 2 aromatic carbocycles. The Morgan fingerprint density at radius 1 is 1.08 bits per heavy atom. The third-order valence-electron chi connectivity index (χ3n) is 7.82. The second-order valence-corrected chi connectivity index (χ2v) is 11.8. The maximum absolute atomic E-state index is 13.4. The second-order valence-electron chi connectivity index (χ2n) is 10.2. The normalized spacial score (nSPS) is 20.9. The summed E-state index contributed by atoms with van der Waals surface area (Å²) < 4.78 is 8.09. The Bertz CT molecular complexity index is 1640. The zero-order valence-corrected chi connectivity index (χ0v) is 22.9. The van der Waals surface area contributed by atoms with Crippen molar-refractivity contribution in [3.63, 3.8) is 0 Å². The number of hydrogen-bond donors (Lipinski definition) is 1. The van der Waals surface area contributed by atoms with E-state index in [9.17, 15) is 4.79 Å². The highest BCUT2D eigenvalue weighted by Gasteiger charge is 2.38. The van der Waals surface area contributed by atoms with Gasteiger partial charge in [-0.05, 0) is 74.6 Å². The number of anilines is 1. The molecule has 2 aromatic heterocycles. The maximum atomic E-state index is 13.4. The number of benzene rings is 2. The average molecular weight is 544 g/mol. The zero-order chi connectivity index (χ0) is 26.1. The van der Waals surface area contributed by atoms with Crippen LogP contribution in [0.3, 0.4) is 0 Å². The summed E-state index contributed by atoms with van der Waals surface area (Å²) in [5, 5.41) is 13.7. The van der Waals surface area contributed by atoms with Crippen LogP contribution < -0.4 is 5.32 Å². The number of hydrogen-bond acceptors (Lipinski definition) is 6. The summed E-state index contributed by atoms with van der Waals surface area (Å²) in [6.45, 7) is 6.17. The molecule has 0 saturated carbocycles. The van der Waals surface area contributed by atoms with Gasteiger partial charge in [0.25, 0.3) is 0 Å². The fraction of sp³-hybridized carbons (Fsp3) is 0.310. The lowest BCUT2D eigenvalue weighted by molar-refractivity contribution is -0.116. The number of aliphatic imine (C=N–C) groups is 1. The van der Waals surface area contributed by atoms with Crippen LogP contribution in [-0.4, -0.2) is 26.4 Å². The van der Waals surface area contributed by atoms with E-state index in [1.807, 2.05) is 37.3 Å². The van der Waals surface area contributed by atoms with E-state index in [0.717, 1.165) is 51.8 Å². The standard InChI is InChI=1S/C29H26ClN5O2S/c1-14-15(2)38-29-26(14)27(17-4-6-18(30)7-5-17)32-22(28-34-33-16(3)35(28)29)13-25(36)31-19-8-9-20-21(12-19)24-11-10-23(20)37-24/h4-9,12,22-24H,10-11,13H2,1-3H3,(H,31,36)/t22-,23+,24-/m0/s1. The Labute approximate surface area is 229 Å². The lowest BCUT2D eigenvalue weighted by Gasteiger charge is -2.15. The van der Waals surface area contributed by atoms with Crippen LogP contribution in [0, 0.1) is 20.8 Å². The molecule has 0 unspecified atom stereocenters. The molecule has 0 aliphatic carbocycles. The smallest absolute Gasteiger partial charge is 0.227 e. The van der Waals surface area contributed by atoms with Crippen molar-refractivity contribution < 1.29 is 9.53 Å². The van der Waals surface area contributed by atoms with Crippen molar-refractivity contribution in [2.45, 2.75) is 58.3 Å². The Morgan fingerprint density at radius 2 is 1.84 bits per heavy atom. The van der Waals surface area contributed by atoms with Crippen molar-refractivity contribution >= 4 is 40.2 Å². The number of ether oxygens (including phenoxy) is 1. The largest absolute Gasteiger partial charge is 0.366 e. The molecule has 0 spiro atoms. The van der Waals surface area contributed by atoms with Gasteiger partial charge in [-0.3, -0.25) is 14.4 Å². The van der Waals surface area contributed by atoms with Gasteiger partial charge >= 0.3 is 0 Å². The van der Waals surface area contributed by atoms with Crippen LogP contribution in [-0.2, 0) is 9.53 Å². The molecule has 192 valence electrons. The molecule has 1 N–H and O–H groups in total. The molecule has 1 fully saturated rings. The fourth-order valence-electron chi connectivity index (χ4n) is 5.84. The van der Waals surface area contributed by atoms with Crippen molar-refractivity contribution in [3.05, 3.63) is 91.8 Å². The molecule has 38 heavy (non-hydrogen) atoms. The fourth-order valence-corrected chi connectivity index (χ4v) is 7.18. The predicted molar refractivity (Wildman–Crippen MR) is 149 cm³/mol. The first-order chi connectivity index (χ1) is 18.4. The predicted octanol–water partition coefficient (Wildman–Crippen LogP) is 6.73. The van der Waals surface area contributed by atoms with Crippen molar-refractivity contribution in [2.75, 3.05) is 5.32 Å². The molecule has 3 atom stereocenters. The van der Waals surface area contributed by atoms with Crippen molar-refractivity contribution in [2.24, 2.45) is 4.99 Å². The summed E-state index contributed by atoms with van der Waals surface area (Å²) in [6.07, 6.45) is 2.60. The van der Waals surface area contributed by atoms with Crippen LogP contribution in [0.1, 0.15) is 81.9 Å². The molecule has 5 heterocycles. The second kappa shape index (κ2) is 8.86. The minimum atomic E-state index is -0.505. The van der Waals surface area contributed by atoms with Gasteiger partial charge in [0.05, 0.1) is 24.3 Å². The first-order valence-corrected chi connectivity index (χ1v) is 14.0. The van der Waals surface area contributed by atoms with Crippen molar-refractivity contribution in [1.82, 2.24) is 14.8 Å². The van der Waals surface area contributed by atoms with Gasteiger partial charge in [0.15, 0.2) is 5.82 Å². The van der Waals surface area contributed by atoms with Crippen LogP contribution in [0.5, 0.6) is 0 Å². The first-order valence-electron chi connectivity index (χ1n) is 12.8. The summed E-state index contributed by atoms with van der Waals surface area (Å²) in [6, 6.07) is 13.3. The topological polar surface area (TPSA) is 81.4 Å². The Kier molecular flexibility index (Phi) is 5.54. The molecule has 3 aliphatic rings. The summed E-state index contributed by atoms with van der Waals surface area (Å²) in [5.41, 5.74) is 7.23. The third kappa shape index (κ3) is 3.73. The van der Waals surface area contributed by atoms with Gasteiger partial charge < -0.3 is 10.1 Å². The van der Waals surface area contributed by atoms with Crippen LogP contribution in [0.15, 0.2) is 47.5 Å². The highest BCUT2D eigenvalue weighted by molar-refractivity contribution is 7.15. The van der Waals surface area contributed by atoms with E-state index in [4.69, 9.17) is 21.3 Å². The zero-order valence-electron chi connectivity index (χ0n) is 21.3. The van der Waals surface area contributed by atoms with E-state index >= 15 is 0 Å². The maximum Gasteiger partial charge on any atom is 0.227 e. The monoisotopic (exact) mass is 543 g/mol. The average Bonchev–Trinajstić information content (AvgIpc) is 3.65. The number of fused-ring (bicyclic) bond motifs is 8. The molecule has 9 heteroatoms. The number of aromatic nitrogens is 3. The number of carbonyl (C=O) groups is 1. The van der Waals surface area contributed by atoms with E-state index < -0.39 is 6.04 Å². The van der Waals surface area contributed by atoms with Gasteiger partial charge in [-0.2, -0.15) is 0 Å². The van der Waals surface area contributed by atoms with Crippen molar-refractivity contribution in [1.29, 1.82) is 0 Å². The minimum absolute atomic E-state index is 0.122. The Morgan fingerprint density at radius 3 is 2.63 bits per heavy atom. The number of aryl methyl sites for hydroxylation is 2. The summed E-state index contributed by atoms with van der Waals surface area (Å²) >= 11 is 7.90. The van der Waals surface area contributed by atoms with E-state index in [-0.39, 0.29) is 24.5 Å². The number of rotatable bonds is 4. The van der Waals surface area contributed by atoms with E-state index in [0.29, 0.717) is 10.8 Å². The minimum Gasteiger partial charge on any atom is -0.366 e. The molecule has 4 aromatic rings. The van der Waals surface area contributed by atoms with Crippen LogP contribution in [0.2, 0.25) is 5.02 Å². The van der Waals surface area contributed by atoms with Crippen molar-refractivity contribution in [3.8, 4) is 5.00 Å². The molecule has 7 nitrogen and oxygen atoms in total. The lowest BCUT2D eigenvalue weighted by Crippen LogP contribution is -2.17. The molecular weight excluding hydrogens is 518 g/mol. The third-order valence-corrected chi connectivity index (χ3v) is 9.26. The number of carbonyl (C=O) groups excluding carboxylic acids is 1. The van der Waals surface area contributed by atoms with E-state index in [1.54, 1.807) is 11.3 Å². The van der Waals surface area contributed by atoms with E-state index in [2.05, 4.69) is 46.1 Å². The van der Waals surface area contributed by atoms with Gasteiger partial charge in [0.1, 0.15) is 16.9 Å². The molecule has 3 aliphatic heterocycles. The molecule has 1 saturated heterocycles. The van der Waals surface area contributed by atoms with Crippen LogP contribution in [0.4, 0.5) is 5.69 Å². The van der Waals surface area contributed by atoms with Gasteiger partial charge in [-0.25, -0.2) is 0 Å². The summed E-state index contributed by atoms with van der Waals surface area (Å²) in [7, 11) is 0.